The molecule has 3 nitrogen and oxygen atoms in total. The van der Waals surface area contributed by atoms with E-state index in [1.165, 1.54) is 16.7 Å². The first-order valence-corrected chi connectivity index (χ1v) is 10.5. The Kier molecular flexibility index (Phi) is 4.34. The Hall–Kier alpha value is -2.49. The number of carbonyl (C=O) groups excluding carboxylic acids is 1. The van der Waals surface area contributed by atoms with Gasteiger partial charge in [-0.05, 0) is 65.0 Å². The van der Waals surface area contributed by atoms with Crippen molar-refractivity contribution < 1.29 is 15.0 Å². The molecule has 0 amide bonds. The average molecular weight is 386 g/mol. The van der Waals surface area contributed by atoms with Crippen molar-refractivity contribution in [3.05, 3.63) is 82.9 Å². The zero-order valence-electron chi connectivity index (χ0n) is 16.5. The predicted octanol–water partition coefficient (Wildman–Crippen LogP) is 4.93. The van der Waals surface area contributed by atoms with Crippen LogP contribution in [-0.2, 0) is 6.42 Å². The van der Waals surface area contributed by atoms with Gasteiger partial charge < -0.3 is 10.2 Å². The van der Waals surface area contributed by atoms with Crippen LogP contribution in [-0.4, -0.2) is 21.8 Å². The first-order valence-electron chi connectivity index (χ1n) is 10.5. The van der Waals surface area contributed by atoms with Crippen molar-refractivity contribution >= 4 is 16.9 Å². The van der Waals surface area contributed by atoms with Gasteiger partial charge in [0.15, 0.2) is 11.6 Å². The fourth-order valence-corrected chi connectivity index (χ4v) is 5.18. The summed E-state index contributed by atoms with van der Waals surface area (Å²) in [7, 11) is 0. The molecule has 0 aliphatic heterocycles. The van der Waals surface area contributed by atoms with Gasteiger partial charge in [-0.3, -0.25) is 4.79 Å². The van der Waals surface area contributed by atoms with E-state index in [0.717, 1.165) is 29.5 Å². The van der Waals surface area contributed by atoms with Gasteiger partial charge in [-0.1, -0.05) is 54.6 Å². The molecule has 3 aliphatic rings. The van der Waals surface area contributed by atoms with E-state index in [-0.39, 0.29) is 11.2 Å². The van der Waals surface area contributed by atoms with E-state index < -0.39 is 5.79 Å². The second kappa shape index (κ2) is 6.79. The molecule has 1 spiro atoms. The fraction of sp³-hybridized carbons (Fsp3) is 0.346. The van der Waals surface area contributed by atoms with Crippen LogP contribution in [0.5, 0.6) is 0 Å². The topological polar surface area (TPSA) is 57.5 Å². The number of ketones is 1. The highest BCUT2D eigenvalue weighted by Gasteiger charge is 2.44. The van der Waals surface area contributed by atoms with Crippen molar-refractivity contribution in [3.8, 4) is 0 Å². The van der Waals surface area contributed by atoms with E-state index in [9.17, 15) is 15.0 Å². The monoisotopic (exact) mass is 386 g/mol. The number of fused-ring (bicyclic) bond motifs is 1. The third kappa shape index (κ3) is 3.50. The molecule has 0 unspecified atom stereocenters. The molecular formula is C26H26O3. The van der Waals surface area contributed by atoms with Crippen LogP contribution in [0.1, 0.15) is 65.6 Å². The molecule has 2 N–H and O–H groups in total. The summed E-state index contributed by atoms with van der Waals surface area (Å²) in [4.78, 5) is 13.0. The normalized spacial score (nSPS) is 22.2. The minimum atomic E-state index is -1.56. The number of aliphatic hydroxyl groups is 2. The summed E-state index contributed by atoms with van der Waals surface area (Å²) in [5, 5.41) is 19.7. The van der Waals surface area contributed by atoms with Gasteiger partial charge in [0.05, 0.1) is 0 Å². The molecule has 3 aliphatic carbocycles. The first kappa shape index (κ1) is 18.5. The lowest BCUT2D eigenvalue weighted by Gasteiger charge is -2.44. The highest BCUT2D eigenvalue weighted by molar-refractivity contribution is 6.00. The van der Waals surface area contributed by atoms with Crippen molar-refractivity contribution in [1.29, 1.82) is 0 Å². The number of hydrogen-bond donors (Lipinski definition) is 2. The first-order chi connectivity index (χ1) is 13.9. The highest BCUT2D eigenvalue weighted by Crippen LogP contribution is 2.48. The molecule has 148 valence electrons. The third-order valence-electron chi connectivity index (χ3n) is 6.97. The SMILES string of the molecule is O=C1CC2(CCC(O)(O)CC2)Cc2ccc(C3=CC(c4ccccc4)=CC3)cc21. The van der Waals surface area contributed by atoms with Gasteiger partial charge in [0.1, 0.15) is 0 Å². The lowest BCUT2D eigenvalue weighted by atomic mass is 9.62. The summed E-state index contributed by atoms with van der Waals surface area (Å²) < 4.78 is 0. The highest BCUT2D eigenvalue weighted by atomic mass is 16.5. The molecule has 0 atom stereocenters. The van der Waals surface area contributed by atoms with Crippen molar-refractivity contribution in [3.63, 3.8) is 0 Å². The second-order valence-electron chi connectivity index (χ2n) is 9.03. The standard InChI is InChI=1S/C26H26O3/c27-24-17-25(10-12-26(28,29)13-11-25)16-22-9-8-21(15-23(22)24)20-7-6-19(14-20)18-4-2-1-3-5-18/h1-6,8-9,14-15,28-29H,7,10-13,16-17H2. The van der Waals surface area contributed by atoms with Crippen LogP contribution in [0.4, 0.5) is 0 Å². The van der Waals surface area contributed by atoms with Crippen molar-refractivity contribution in [2.45, 2.75) is 50.7 Å². The van der Waals surface area contributed by atoms with Crippen LogP contribution in [0.2, 0.25) is 0 Å². The quantitative estimate of drug-likeness (QED) is 0.720. The zero-order valence-corrected chi connectivity index (χ0v) is 16.5. The van der Waals surface area contributed by atoms with E-state index in [1.807, 2.05) is 6.07 Å². The Balaban J connectivity index is 1.39. The predicted molar refractivity (Wildman–Crippen MR) is 114 cm³/mol. The van der Waals surface area contributed by atoms with Gasteiger partial charge in [-0.15, -0.1) is 0 Å². The Morgan fingerprint density at radius 2 is 1.59 bits per heavy atom. The molecule has 0 bridgehead atoms. The van der Waals surface area contributed by atoms with E-state index in [1.54, 1.807) is 0 Å². The van der Waals surface area contributed by atoms with Crippen molar-refractivity contribution in [2.24, 2.45) is 5.41 Å². The minimum absolute atomic E-state index is 0.102. The molecule has 0 heterocycles. The number of Topliss-reactive ketones (excluding diaryl/α,β-unsaturated/α-hetero) is 1. The minimum Gasteiger partial charge on any atom is -0.366 e. The number of benzene rings is 2. The molecule has 0 saturated heterocycles. The van der Waals surface area contributed by atoms with Crippen LogP contribution in [0.15, 0.2) is 60.7 Å². The maximum absolute atomic E-state index is 13.0. The second-order valence-corrected chi connectivity index (χ2v) is 9.03. The smallest absolute Gasteiger partial charge is 0.163 e. The van der Waals surface area contributed by atoms with Crippen LogP contribution >= 0.6 is 0 Å². The molecule has 2 aromatic carbocycles. The largest absolute Gasteiger partial charge is 0.366 e. The fourth-order valence-electron chi connectivity index (χ4n) is 5.18. The molecule has 1 saturated carbocycles. The Bertz CT molecular complexity index is 1020. The lowest BCUT2D eigenvalue weighted by Crippen LogP contribution is -2.42. The van der Waals surface area contributed by atoms with Crippen LogP contribution in [0.25, 0.3) is 11.1 Å². The Morgan fingerprint density at radius 1 is 0.828 bits per heavy atom. The van der Waals surface area contributed by atoms with Crippen molar-refractivity contribution in [1.82, 2.24) is 0 Å². The molecule has 29 heavy (non-hydrogen) atoms. The molecule has 3 heteroatoms. The molecular weight excluding hydrogens is 360 g/mol. The Morgan fingerprint density at radius 3 is 2.34 bits per heavy atom. The lowest BCUT2D eigenvalue weighted by molar-refractivity contribution is -0.195. The summed E-state index contributed by atoms with van der Waals surface area (Å²) >= 11 is 0. The Labute approximate surface area is 171 Å². The number of allylic oxidation sites excluding steroid dienone is 4. The molecule has 1 fully saturated rings. The summed E-state index contributed by atoms with van der Waals surface area (Å²) in [6, 6.07) is 16.7. The van der Waals surface area contributed by atoms with E-state index in [2.05, 4.69) is 54.6 Å². The van der Waals surface area contributed by atoms with E-state index in [4.69, 9.17) is 0 Å². The summed E-state index contributed by atoms with van der Waals surface area (Å²) in [6.45, 7) is 0. The maximum Gasteiger partial charge on any atom is 0.163 e. The molecule has 2 aromatic rings. The molecule has 5 rings (SSSR count). The maximum atomic E-state index is 13.0. The van der Waals surface area contributed by atoms with Gasteiger partial charge in [-0.25, -0.2) is 0 Å². The summed E-state index contributed by atoms with van der Waals surface area (Å²) in [6.07, 6.45) is 8.85. The van der Waals surface area contributed by atoms with Crippen molar-refractivity contribution in [2.75, 3.05) is 0 Å². The molecule has 0 aromatic heterocycles. The van der Waals surface area contributed by atoms with Gasteiger partial charge in [0.25, 0.3) is 0 Å². The number of hydrogen-bond acceptors (Lipinski definition) is 3. The van der Waals surface area contributed by atoms with Gasteiger partial charge in [0, 0.05) is 24.8 Å². The third-order valence-corrected chi connectivity index (χ3v) is 6.97. The van der Waals surface area contributed by atoms with Crippen LogP contribution in [0, 0.1) is 5.41 Å². The van der Waals surface area contributed by atoms with E-state index >= 15 is 0 Å². The number of carbonyl (C=O) groups is 1. The number of rotatable bonds is 2. The van der Waals surface area contributed by atoms with E-state index in [0.29, 0.717) is 32.1 Å². The van der Waals surface area contributed by atoms with Crippen LogP contribution in [0.3, 0.4) is 0 Å². The van der Waals surface area contributed by atoms with Gasteiger partial charge >= 0.3 is 0 Å². The summed E-state index contributed by atoms with van der Waals surface area (Å²) in [5.74, 6) is -1.36. The average Bonchev–Trinajstić information content (AvgIpc) is 3.22. The summed E-state index contributed by atoms with van der Waals surface area (Å²) in [5.41, 5.74) is 6.71. The van der Waals surface area contributed by atoms with Crippen LogP contribution < -0.4 is 0 Å². The van der Waals surface area contributed by atoms with Gasteiger partial charge in [0.2, 0.25) is 0 Å². The van der Waals surface area contributed by atoms with Gasteiger partial charge in [-0.2, -0.15) is 0 Å². The molecule has 0 radical (unpaired) electrons. The zero-order chi connectivity index (χ0) is 20.1.